The number of pyridine rings is 1. The molecule has 0 bridgehead atoms. The number of hydrogen-bond donors (Lipinski definition) is 2. The Balaban J connectivity index is 1.38. The predicted octanol–water partition coefficient (Wildman–Crippen LogP) is 4.48. The van der Waals surface area contributed by atoms with Gasteiger partial charge in [-0.1, -0.05) is 23.7 Å². The Kier molecular flexibility index (Phi) is 6.08. The minimum atomic E-state index is -4.49. The zero-order chi connectivity index (χ0) is 25.6. The smallest absolute Gasteiger partial charge is 0.417 e. The molecule has 4 aromatic rings. The van der Waals surface area contributed by atoms with Crippen LogP contribution < -0.4 is 10.1 Å². The van der Waals surface area contributed by atoms with Crippen LogP contribution in [0.4, 0.5) is 13.2 Å². The third kappa shape index (κ3) is 4.61. The maximum absolute atomic E-state index is 13.3. The zero-order valence-corrected chi connectivity index (χ0v) is 19.5. The number of rotatable bonds is 6. The number of carbonyl (C=O) groups is 1. The number of hydrogen-bond acceptors (Lipinski definition) is 7. The molecule has 0 saturated carbocycles. The van der Waals surface area contributed by atoms with Crippen molar-refractivity contribution in [1.29, 1.82) is 0 Å². The van der Waals surface area contributed by atoms with Gasteiger partial charge in [-0.15, -0.1) is 0 Å². The van der Waals surface area contributed by atoms with E-state index in [0.717, 1.165) is 12.3 Å². The number of carboxylic acids is 1. The molecule has 36 heavy (non-hydrogen) atoms. The van der Waals surface area contributed by atoms with Gasteiger partial charge in [0.2, 0.25) is 5.82 Å². The highest BCUT2D eigenvalue weighted by Gasteiger charge is 2.32. The number of alkyl halides is 3. The van der Waals surface area contributed by atoms with Crippen LogP contribution in [-0.2, 0) is 17.4 Å². The van der Waals surface area contributed by atoms with E-state index >= 15 is 0 Å². The number of imidazole rings is 1. The van der Waals surface area contributed by atoms with Crippen molar-refractivity contribution in [2.45, 2.75) is 38.1 Å². The number of fused-ring (bicyclic) bond motifs is 1. The highest BCUT2D eigenvalue weighted by atomic mass is 35.5. The number of halogens is 4. The third-order valence-corrected chi connectivity index (χ3v) is 6.17. The van der Waals surface area contributed by atoms with Crippen LogP contribution >= 0.6 is 11.6 Å². The fourth-order valence-electron chi connectivity index (χ4n) is 4.05. The minimum absolute atomic E-state index is 0.0254. The molecular formula is C23H19ClF3N5O4. The Hall–Kier alpha value is -3.64. The van der Waals surface area contributed by atoms with E-state index in [2.05, 4.69) is 20.4 Å². The number of aromatic nitrogens is 4. The summed E-state index contributed by atoms with van der Waals surface area (Å²) >= 11 is 6.41. The van der Waals surface area contributed by atoms with Gasteiger partial charge in [0.05, 0.1) is 10.6 Å². The van der Waals surface area contributed by atoms with Crippen molar-refractivity contribution >= 4 is 23.2 Å². The molecule has 1 aromatic carbocycles. The average molecular weight is 522 g/mol. The second-order valence-corrected chi connectivity index (χ2v) is 8.71. The van der Waals surface area contributed by atoms with Crippen molar-refractivity contribution in [3.05, 3.63) is 52.8 Å². The van der Waals surface area contributed by atoms with Crippen molar-refractivity contribution in [3.63, 3.8) is 0 Å². The van der Waals surface area contributed by atoms with Gasteiger partial charge in [0.25, 0.3) is 5.89 Å². The summed E-state index contributed by atoms with van der Waals surface area (Å²) < 4.78 is 52.2. The van der Waals surface area contributed by atoms with E-state index in [1.54, 1.807) is 25.1 Å². The van der Waals surface area contributed by atoms with E-state index in [4.69, 9.17) is 26.0 Å². The largest absolute Gasteiger partial charge is 0.489 e. The maximum atomic E-state index is 13.3. The van der Waals surface area contributed by atoms with Gasteiger partial charge in [0.15, 0.2) is 0 Å². The molecule has 0 radical (unpaired) electrons. The molecule has 0 aliphatic carbocycles. The standard InChI is InChI=1S/C23H19ClF3N5O4/c1-2-11-5-12(23(25,26)27)9-32-10-18(29-20(11)32)21-30-19(31-36-21)15-4-3-13(6-16(15)24)35-14-7-17(22(33)34)28-8-14/h3-6,9-10,14,17,28H,2,7-8H2,1H3,(H,33,34). The van der Waals surface area contributed by atoms with Crippen molar-refractivity contribution in [2.75, 3.05) is 6.54 Å². The van der Waals surface area contributed by atoms with Crippen molar-refractivity contribution in [1.82, 2.24) is 24.8 Å². The molecule has 2 atom stereocenters. The minimum Gasteiger partial charge on any atom is -0.489 e. The second-order valence-electron chi connectivity index (χ2n) is 8.30. The van der Waals surface area contributed by atoms with Crippen LogP contribution in [-0.4, -0.2) is 49.3 Å². The third-order valence-electron chi connectivity index (χ3n) is 5.85. The molecule has 3 aromatic heterocycles. The maximum Gasteiger partial charge on any atom is 0.417 e. The van der Waals surface area contributed by atoms with Gasteiger partial charge in [-0.3, -0.25) is 4.79 Å². The van der Waals surface area contributed by atoms with Gasteiger partial charge in [0, 0.05) is 30.9 Å². The highest BCUT2D eigenvalue weighted by Crippen LogP contribution is 2.34. The van der Waals surface area contributed by atoms with E-state index in [1.807, 2.05) is 0 Å². The molecule has 9 nitrogen and oxygen atoms in total. The summed E-state index contributed by atoms with van der Waals surface area (Å²) in [5, 5.41) is 16.2. The summed E-state index contributed by atoms with van der Waals surface area (Å²) in [6.07, 6.45) is -1.75. The Labute approximate surface area is 206 Å². The molecule has 1 aliphatic heterocycles. The molecular weight excluding hydrogens is 503 g/mol. The molecule has 2 N–H and O–H groups in total. The van der Waals surface area contributed by atoms with Crippen LogP contribution in [0.2, 0.25) is 5.02 Å². The Morgan fingerprint density at radius 3 is 2.78 bits per heavy atom. The number of aryl methyl sites for hydroxylation is 1. The highest BCUT2D eigenvalue weighted by molar-refractivity contribution is 6.33. The molecule has 1 fully saturated rings. The van der Waals surface area contributed by atoms with Gasteiger partial charge in [0.1, 0.15) is 29.2 Å². The summed E-state index contributed by atoms with van der Waals surface area (Å²) in [4.78, 5) is 19.8. The Morgan fingerprint density at radius 1 is 1.31 bits per heavy atom. The molecule has 0 amide bonds. The fraction of sp³-hybridized carbons (Fsp3) is 0.304. The van der Waals surface area contributed by atoms with E-state index < -0.39 is 23.8 Å². The van der Waals surface area contributed by atoms with Crippen molar-refractivity contribution in [3.8, 4) is 28.7 Å². The van der Waals surface area contributed by atoms with Gasteiger partial charge in [-0.05, 0) is 36.2 Å². The lowest BCUT2D eigenvalue weighted by atomic mass is 10.1. The van der Waals surface area contributed by atoms with Gasteiger partial charge >= 0.3 is 12.1 Å². The van der Waals surface area contributed by atoms with Crippen molar-refractivity contribution < 1.29 is 32.3 Å². The first-order valence-corrected chi connectivity index (χ1v) is 11.4. The zero-order valence-electron chi connectivity index (χ0n) is 18.7. The lowest BCUT2D eigenvalue weighted by Crippen LogP contribution is -2.30. The van der Waals surface area contributed by atoms with Crippen LogP contribution in [0.25, 0.3) is 28.6 Å². The molecule has 0 spiro atoms. The lowest BCUT2D eigenvalue weighted by molar-refractivity contribution is -0.139. The Bertz CT molecular complexity index is 1450. The first-order chi connectivity index (χ1) is 17.1. The Morgan fingerprint density at radius 2 is 2.11 bits per heavy atom. The summed E-state index contributed by atoms with van der Waals surface area (Å²) in [6, 6.07) is 5.28. The number of nitrogens with one attached hydrogen (secondary N) is 1. The topological polar surface area (TPSA) is 115 Å². The average Bonchev–Trinajstić information content (AvgIpc) is 3.57. The molecule has 4 heterocycles. The van der Waals surface area contributed by atoms with Crippen LogP contribution in [0.3, 0.4) is 0 Å². The monoisotopic (exact) mass is 521 g/mol. The quantitative estimate of drug-likeness (QED) is 0.382. The summed E-state index contributed by atoms with van der Waals surface area (Å²) in [7, 11) is 0. The van der Waals surface area contributed by atoms with E-state index in [0.29, 0.717) is 41.9 Å². The summed E-state index contributed by atoms with van der Waals surface area (Å²) in [6.45, 7) is 2.14. The van der Waals surface area contributed by atoms with Gasteiger partial charge in [-0.2, -0.15) is 18.2 Å². The first kappa shape index (κ1) is 24.1. The van der Waals surface area contributed by atoms with Crippen molar-refractivity contribution in [2.24, 2.45) is 0 Å². The molecule has 2 unspecified atom stereocenters. The number of nitrogens with zero attached hydrogens (tertiary/aromatic N) is 4. The number of benzene rings is 1. The lowest BCUT2D eigenvalue weighted by Gasteiger charge is -2.13. The molecule has 188 valence electrons. The number of ether oxygens (including phenoxy) is 1. The summed E-state index contributed by atoms with van der Waals surface area (Å²) in [5.41, 5.74) is 0.695. The van der Waals surface area contributed by atoms with Crippen LogP contribution in [0.15, 0.2) is 41.2 Å². The van der Waals surface area contributed by atoms with E-state index in [9.17, 15) is 18.0 Å². The first-order valence-electron chi connectivity index (χ1n) is 11.0. The van der Waals surface area contributed by atoms with E-state index in [1.165, 1.54) is 10.6 Å². The van der Waals surface area contributed by atoms with Gasteiger partial charge < -0.3 is 24.1 Å². The fourth-order valence-corrected chi connectivity index (χ4v) is 4.30. The molecule has 5 rings (SSSR count). The van der Waals surface area contributed by atoms with Gasteiger partial charge in [-0.25, -0.2) is 4.98 Å². The number of aliphatic carboxylic acids is 1. The summed E-state index contributed by atoms with van der Waals surface area (Å²) in [5.74, 6) is -0.283. The molecule has 1 saturated heterocycles. The predicted molar refractivity (Wildman–Crippen MR) is 122 cm³/mol. The van der Waals surface area contributed by atoms with Crippen LogP contribution in [0.5, 0.6) is 5.75 Å². The molecule has 13 heteroatoms. The number of carboxylic acid groups (broad SMARTS) is 1. The normalized spacial score (nSPS) is 18.1. The van der Waals surface area contributed by atoms with E-state index in [-0.39, 0.29) is 28.5 Å². The second kappa shape index (κ2) is 9.10. The van der Waals surface area contributed by atoms with Crippen LogP contribution in [0.1, 0.15) is 24.5 Å². The SMILES string of the molecule is CCc1cc(C(F)(F)F)cn2cc(-c3nc(-c4ccc(OC5CNC(C(=O)O)C5)cc4Cl)no3)nc12. The van der Waals surface area contributed by atoms with Crippen LogP contribution in [0, 0.1) is 0 Å². The molecule has 1 aliphatic rings.